The van der Waals surface area contributed by atoms with Gasteiger partial charge in [-0.1, -0.05) is 17.7 Å². The molecular formula is C14H14ClN3O2. The first kappa shape index (κ1) is 14.1. The summed E-state index contributed by atoms with van der Waals surface area (Å²) in [5.41, 5.74) is 7.86. The Kier molecular flexibility index (Phi) is 4.10. The van der Waals surface area contributed by atoms with Gasteiger partial charge in [-0.05, 0) is 30.7 Å². The molecule has 0 saturated carbocycles. The molecule has 0 unspecified atom stereocenters. The van der Waals surface area contributed by atoms with Gasteiger partial charge in [0, 0.05) is 0 Å². The van der Waals surface area contributed by atoms with Crippen LogP contribution in [0.5, 0.6) is 5.75 Å². The van der Waals surface area contributed by atoms with Crippen LogP contribution in [0.25, 0.3) is 0 Å². The van der Waals surface area contributed by atoms with Crippen molar-refractivity contribution in [3.8, 4) is 5.75 Å². The second kappa shape index (κ2) is 5.79. The molecule has 0 saturated heterocycles. The number of methoxy groups -OCH3 is 1. The number of aromatic nitrogens is 1. The van der Waals surface area contributed by atoms with Crippen LogP contribution in [-0.2, 0) is 0 Å². The standard InChI is InChI=1S/C14H14ClN3O2/c1-8-3-4-11(12(5-8)20-2)18-14(19)9-6-13(15)17-7-10(9)16/h3-7H,16H2,1-2H3,(H,18,19). The third-order valence-electron chi connectivity index (χ3n) is 2.75. The van der Waals surface area contributed by atoms with E-state index in [1.807, 2.05) is 19.1 Å². The van der Waals surface area contributed by atoms with Crippen LogP contribution in [0.4, 0.5) is 11.4 Å². The van der Waals surface area contributed by atoms with Crippen LogP contribution in [0.3, 0.4) is 0 Å². The second-order valence-corrected chi connectivity index (χ2v) is 4.64. The van der Waals surface area contributed by atoms with Crippen molar-refractivity contribution in [2.24, 2.45) is 0 Å². The van der Waals surface area contributed by atoms with Crippen molar-refractivity contribution in [2.45, 2.75) is 6.92 Å². The zero-order valence-corrected chi connectivity index (χ0v) is 11.9. The number of halogens is 1. The minimum absolute atomic E-state index is 0.209. The highest BCUT2D eigenvalue weighted by molar-refractivity contribution is 6.30. The molecule has 0 radical (unpaired) electrons. The lowest BCUT2D eigenvalue weighted by atomic mass is 10.2. The lowest BCUT2D eigenvalue weighted by molar-refractivity contribution is 0.102. The highest BCUT2D eigenvalue weighted by atomic mass is 35.5. The van der Waals surface area contributed by atoms with E-state index in [4.69, 9.17) is 22.1 Å². The number of carbonyl (C=O) groups excluding carboxylic acids is 1. The summed E-state index contributed by atoms with van der Waals surface area (Å²) in [7, 11) is 1.54. The molecular weight excluding hydrogens is 278 g/mol. The molecule has 5 nitrogen and oxygen atoms in total. The molecule has 104 valence electrons. The van der Waals surface area contributed by atoms with E-state index >= 15 is 0 Å². The number of benzene rings is 1. The number of nitrogens with two attached hydrogens (primary N) is 1. The van der Waals surface area contributed by atoms with Gasteiger partial charge in [0.2, 0.25) is 0 Å². The third kappa shape index (κ3) is 3.00. The minimum atomic E-state index is -0.367. The van der Waals surface area contributed by atoms with Crippen molar-refractivity contribution in [3.05, 3.63) is 46.7 Å². The topological polar surface area (TPSA) is 77.2 Å². The number of ether oxygens (including phenoxy) is 1. The number of nitrogens with zero attached hydrogens (tertiary/aromatic N) is 1. The van der Waals surface area contributed by atoms with E-state index in [9.17, 15) is 4.79 Å². The summed E-state index contributed by atoms with van der Waals surface area (Å²) in [6.07, 6.45) is 1.35. The average Bonchev–Trinajstić information content (AvgIpc) is 2.43. The number of amides is 1. The van der Waals surface area contributed by atoms with Crippen molar-refractivity contribution in [1.29, 1.82) is 0 Å². The van der Waals surface area contributed by atoms with Crippen molar-refractivity contribution >= 4 is 28.9 Å². The quantitative estimate of drug-likeness (QED) is 0.853. The Bertz CT molecular complexity index is 659. The van der Waals surface area contributed by atoms with Crippen LogP contribution in [0.15, 0.2) is 30.5 Å². The molecule has 0 spiro atoms. The highest BCUT2D eigenvalue weighted by Crippen LogP contribution is 2.26. The number of anilines is 2. The monoisotopic (exact) mass is 291 g/mol. The predicted octanol–water partition coefficient (Wildman–Crippen LogP) is 2.89. The number of hydrogen-bond donors (Lipinski definition) is 2. The summed E-state index contributed by atoms with van der Waals surface area (Å²) in [5, 5.41) is 2.95. The summed E-state index contributed by atoms with van der Waals surface area (Å²) in [4.78, 5) is 16.0. The number of aryl methyl sites for hydroxylation is 1. The summed E-state index contributed by atoms with van der Waals surface area (Å²) in [6, 6.07) is 6.90. The number of carbonyl (C=O) groups is 1. The van der Waals surface area contributed by atoms with Crippen LogP contribution in [0, 0.1) is 6.92 Å². The van der Waals surface area contributed by atoms with Gasteiger partial charge in [0.15, 0.2) is 0 Å². The first-order valence-electron chi connectivity index (χ1n) is 5.88. The third-order valence-corrected chi connectivity index (χ3v) is 2.96. The van der Waals surface area contributed by atoms with Crippen molar-refractivity contribution in [1.82, 2.24) is 4.98 Å². The van der Waals surface area contributed by atoms with E-state index in [0.29, 0.717) is 11.4 Å². The maximum atomic E-state index is 12.2. The van der Waals surface area contributed by atoms with Gasteiger partial charge in [-0.15, -0.1) is 0 Å². The maximum absolute atomic E-state index is 12.2. The van der Waals surface area contributed by atoms with E-state index < -0.39 is 0 Å². The first-order valence-corrected chi connectivity index (χ1v) is 6.26. The van der Waals surface area contributed by atoms with Gasteiger partial charge < -0.3 is 15.8 Å². The molecule has 6 heteroatoms. The van der Waals surface area contributed by atoms with Crippen LogP contribution in [0.1, 0.15) is 15.9 Å². The SMILES string of the molecule is COc1cc(C)ccc1NC(=O)c1cc(Cl)ncc1N. The minimum Gasteiger partial charge on any atom is -0.495 e. The molecule has 1 aromatic carbocycles. The largest absolute Gasteiger partial charge is 0.495 e. The normalized spacial score (nSPS) is 10.2. The number of pyridine rings is 1. The Morgan fingerprint density at radius 1 is 1.40 bits per heavy atom. The molecule has 20 heavy (non-hydrogen) atoms. The fourth-order valence-corrected chi connectivity index (χ4v) is 1.89. The van der Waals surface area contributed by atoms with E-state index in [1.54, 1.807) is 13.2 Å². The molecule has 0 atom stereocenters. The zero-order valence-electron chi connectivity index (χ0n) is 11.1. The molecule has 0 aliphatic rings. The Balaban J connectivity index is 2.30. The zero-order chi connectivity index (χ0) is 14.7. The molecule has 1 aromatic heterocycles. The molecule has 0 bridgehead atoms. The Hall–Kier alpha value is -2.27. The van der Waals surface area contributed by atoms with Gasteiger partial charge in [0.1, 0.15) is 10.9 Å². The molecule has 3 N–H and O–H groups in total. The molecule has 2 aromatic rings. The van der Waals surface area contributed by atoms with Crippen molar-refractivity contribution < 1.29 is 9.53 Å². The number of rotatable bonds is 3. The van der Waals surface area contributed by atoms with Gasteiger partial charge in [-0.25, -0.2) is 4.98 Å². The van der Waals surface area contributed by atoms with E-state index in [1.165, 1.54) is 12.3 Å². The summed E-state index contributed by atoms with van der Waals surface area (Å²) >= 11 is 5.77. The summed E-state index contributed by atoms with van der Waals surface area (Å²) in [5.74, 6) is 0.214. The summed E-state index contributed by atoms with van der Waals surface area (Å²) in [6.45, 7) is 1.94. The van der Waals surface area contributed by atoms with Gasteiger partial charge in [0.25, 0.3) is 5.91 Å². The number of hydrogen-bond acceptors (Lipinski definition) is 4. The first-order chi connectivity index (χ1) is 9.51. The molecule has 1 amide bonds. The van der Waals surface area contributed by atoms with Crippen LogP contribution < -0.4 is 15.8 Å². The van der Waals surface area contributed by atoms with Crippen molar-refractivity contribution in [3.63, 3.8) is 0 Å². The van der Waals surface area contributed by atoms with E-state index in [2.05, 4.69) is 10.3 Å². The molecule has 0 aliphatic heterocycles. The number of nitrogen functional groups attached to an aromatic ring is 1. The summed E-state index contributed by atoms with van der Waals surface area (Å²) < 4.78 is 5.23. The number of nitrogens with one attached hydrogen (secondary N) is 1. The van der Waals surface area contributed by atoms with Gasteiger partial charge in [0.05, 0.1) is 30.2 Å². The second-order valence-electron chi connectivity index (χ2n) is 4.25. The van der Waals surface area contributed by atoms with Crippen LogP contribution in [0.2, 0.25) is 5.15 Å². The fourth-order valence-electron chi connectivity index (χ4n) is 1.73. The fraction of sp³-hybridized carbons (Fsp3) is 0.143. The Labute approximate surface area is 121 Å². The lowest BCUT2D eigenvalue weighted by Crippen LogP contribution is -2.15. The highest BCUT2D eigenvalue weighted by Gasteiger charge is 2.13. The van der Waals surface area contributed by atoms with Gasteiger partial charge in [-0.3, -0.25) is 4.79 Å². The lowest BCUT2D eigenvalue weighted by Gasteiger charge is -2.12. The molecule has 1 heterocycles. The Morgan fingerprint density at radius 2 is 2.15 bits per heavy atom. The van der Waals surface area contributed by atoms with Crippen LogP contribution in [-0.4, -0.2) is 18.0 Å². The van der Waals surface area contributed by atoms with Gasteiger partial charge in [-0.2, -0.15) is 0 Å². The van der Waals surface area contributed by atoms with E-state index in [0.717, 1.165) is 5.56 Å². The maximum Gasteiger partial charge on any atom is 0.258 e. The van der Waals surface area contributed by atoms with E-state index in [-0.39, 0.29) is 22.3 Å². The molecule has 0 aliphatic carbocycles. The molecule has 0 fully saturated rings. The molecule has 2 rings (SSSR count). The smallest absolute Gasteiger partial charge is 0.258 e. The van der Waals surface area contributed by atoms with Gasteiger partial charge >= 0.3 is 0 Å². The Morgan fingerprint density at radius 3 is 2.85 bits per heavy atom. The predicted molar refractivity (Wildman–Crippen MR) is 79.3 cm³/mol. The van der Waals surface area contributed by atoms with Crippen LogP contribution >= 0.6 is 11.6 Å². The van der Waals surface area contributed by atoms with Crippen molar-refractivity contribution in [2.75, 3.05) is 18.2 Å². The average molecular weight is 292 g/mol.